The molecule has 0 aliphatic heterocycles. The van der Waals surface area contributed by atoms with Crippen molar-refractivity contribution >= 4 is 23.2 Å². The summed E-state index contributed by atoms with van der Waals surface area (Å²) in [7, 11) is 0. The largest absolute Gasteiger partial charge is 0.348 e. The molecule has 0 amide bonds. The summed E-state index contributed by atoms with van der Waals surface area (Å²) in [4.78, 5) is 7.34. The molecule has 0 unspecified atom stereocenters. The number of aromatic nitrogens is 2. The van der Waals surface area contributed by atoms with Crippen LogP contribution in [-0.4, -0.2) is 9.97 Å². The summed E-state index contributed by atoms with van der Waals surface area (Å²) in [5.74, 6) is 0.935. The van der Waals surface area contributed by atoms with Gasteiger partial charge in [0.1, 0.15) is 5.82 Å². The van der Waals surface area contributed by atoms with Gasteiger partial charge in [0.2, 0.25) is 0 Å². The molecule has 0 aliphatic carbocycles. The number of halogens is 1. The van der Waals surface area contributed by atoms with Gasteiger partial charge >= 0.3 is 0 Å². The van der Waals surface area contributed by atoms with Crippen molar-refractivity contribution in [1.29, 1.82) is 5.26 Å². The first-order valence-electron chi connectivity index (χ1n) is 5.77. The maximum atomic E-state index is 9.11. The molecule has 0 atom stereocenters. The Bertz CT molecular complexity index is 727. The Kier molecular flexibility index (Phi) is 3.84. The van der Waals surface area contributed by atoms with E-state index in [1.165, 1.54) is 5.56 Å². The Balaban J connectivity index is 0.00000133. The monoisotopic (exact) mass is 269 g/mol. The summed E-state index contributed by atoms with van der Waals surface area (Å²) < 4.78 is 0. The highest BCUT2D eigenvalue weighted by molar-refractivity contribution is 5.90. The number of aromatic amines is 1. The van der Waals surface area contributed by atoms with Gasteiger partial charge in [-0.2, -0.15) is 5.26 Å². The van der Waals surface area contributed by atoms with E-state index in [0.717, 1.165) is 23.0 Å². The predicted octanol–water partition coefficient (Wildman–Crippen LogP) is 3.45. The Morgan fingerprint density at radius 1 is 1.11 bits per heavy atom. The number of imidazole rings is 1. The molecule has 3 aromatic rings. The molecule has 4 heteroatoms. The minimum Gasteiger partial charge on any atom is -0.348 e. The maximum absolute atomic E-state index is 9.11. The standard InChI is InChI=1S/C15H11N3.ClH/c16-10-12-6-5-11(9-15-17-7-8-18-15)13-3-1-2-4-14(12)13;/h1-8H,9H2,(H,17,18);1H. The van der Waals surface area contributed by atoms with Crippen LogP contribution in [0.15, 0.2) is 48.8 Å². The lowest BCUT2D eigenvalue weighted by Crippen LogP contribution is -1.93. The van der Waals surface area contributed by atoms with Crippen LogP contribution in [0.3, 0.4) is 0 Å². The van der Waals surface area contributed by atoms with Gasteiger partial charge in [-0.25, -0.2) is 4.98 Å². The summed E-state index contributed by atoms with van der Waals surface area (Å²) in [5, 5.41) is 11.2. The fraction of sp³-hybridized carbons (Fsp3) is 0.0667. The van der Waals surface area contributed by atoms with Crippen molar-refractivity contribution in [2.45, 2.75) is 6.42 Å². The molecule has 0 bridgehead atoms. The molecule has 19 heavy (non-hydrogen) atoms. The Hall–Kier alpha value is -2.31. The highest BCUT2D eigenvalue weighted by Crippen LogP contribution is 2.23. The highest BCUT2D eigenvalue weighted by atomic mass is 35.5. The molecular formula is C15H12ClN3. The Labute approximate surface area is 117 Å². The molecule has 1 aromatic heterocycles. The summed E-state index contributed by atoms with van der Waals surface area (Å²) in [6, 6.07) is 14.1. The molecule has 94 valence electrons. The average Bonchev–Trinajstić information content (AvgIpc) is 2.92. The van der Waals surface area contributed by atoms with E-state index in [4.69, 9.17) is 5.26 Å². The van der Waals surface area contributed by atoms with E-state index in [9.17, 15) is 0 Å². The third kappa shape index (κ3) is 2.44. The lowest BCUT2D eigenvalue weighted by molar-refractivity contribution is 1.03. The Morgan fingerprint density at radius 2 is 1.89 bits per heavy atom. The van der Waals surface area contributed by atoms with Crippen LogP contribution in [0, 0.1) is 11.3 Å². The minimum atomic E-state index is 0. The van der Waals surface area contributed by atoms with E-state index < -0.39 is 0 Å². The van der Waals surface area contributed by atoms with Gasteiger partial charge in [-0.3, -0.25) is 0 Å². The zero-order valence-corrected chi connectivity index (χ0v) is 10.9. The third-order valence-corrected chi connectivity index (χ3v) is 3.05. The fourth-order valence-corrected chi connectivity index (χ4v) is 2.19. The summed E-state index contributed by atoms with van der Waals surface area (Å²) >= 11 is 0. The molecule has 2 aromatic carbocycles. The number of hydrogen-bond donors (Lipinski definition) is 1. The molecule has 3 rings (SSSR count). The van der Waals surface area contributed by atoms with Crippen LogP contribution < -0.4 is 0 Å². The summed E-state index contributed by atoms with van der Waals surface area (Å²) in [6.45, 7) is 0. The molecule has 3 nitrogen and oxygen atoms in total. The number of rotatable bonds is 2. The number of nitrogens with zero attached hydrogens (tertiary/aromatic N) is 2. The number of fused-ring (bicyclic) bond motifs is 1. The predicted molar refractivity (Wildman–Crippen MR) is 77.3 cm³/mol. The molecule has 0 aliphatic rings. The van der Waals surface area contributed by atoms with Crippen molar-refractivity contribution in [2.24, 2.45) is 0 Å². The van der Waals surface area contributed by atoms with Crippen molar-refractivity contribution in [3.63, 3.8) is 0 Å². The first kappa shape index (κ1) is 13.1. The normalized spacial score (nSPS) is 9.84. The Morgan fingerprint density at radius 3 is 2.58 bits per heavy atom. The van der Waals surface area contributed by atoms with Crippen LogP contribution in [0.25, 0.3) is 10.8 Å². The van der Waals surface area contributed by atoms with Gasteiger partial charge in [0.15, 0.2) is 0 Å². The zero-order valence-electron chi connectivity index (χ0n) is 10.1. The minimum absolute atomic E-state index is 0. The van der Waals surface area contributed by atoms with Crippen LogP contribution in [0.4, 0.5) is 0 Å². The van der Waals surface area contributed by atoms with E-state index in [0.29, 0.717) is 5.56 Å². The molecule has 1 heterocycles. The number of nitrogens with one attached hydrogen (secondary N) is 1. The van der Waals surface area contributed by atoms with Crippen LogP contribution in [0.1, 0.15) is 17.0 Å². The number of H-pyrrole nitrogens is 1. The molecule has 1 N–H and O–H groups in total. The molecule has 0 saturated carbocycles. The molecule has 0 fully saturated rings. The highest BCUT2D eigenvalue weighted by Gasteiger charge is 2.06. The van der Waals surface area contributed by atoms with Gasteiger partial charge in [-0.15, -0.1) is 12.4 Å². The second-order valence-electron chi connectivity index (χ2n) is 4.14. The smallest absolute Gasteiger partial charge is 0.110 e. The van der Waals surface area contributed by atoms with E-state index in [1.54, 1.807) is 6.20 Å². The van der Waals surface area contributed by atoms with Gasteiger partial charge in [0.05, 0.1) is 11.6 Å². The lowest BCUT2D eigenvalue weighted by Gasteiger charge is -2.06. The first-order chi connectivity index (χ1) is 8.88. The van der Waals surface area contributed by atoms with Gasteiger partial charge < -0.3 is 4.98 Å². The van der Waals surface area contributed by atoms with E-state index in [1.807, 2.05) is 36.5 Å². The van der Waals surface area contributed by atoms with Gasteiger partial charge in [0.25, 0.3) is 0 Å². The third-order valence-electron chi connectivity index (χ3n) is 3.05. The first-order valence-corrected chi connectivity index (χ1v) is 5.77. The van der Waals surface area contributed by atoms with E-state index >= 15 is 0 Å². The average molecular weight is 270 g/mol. The van der Waals surface area contributed by atoms with Crippen LogP contribution >= 0.6 is 12.4 Å². The van der Waals surface area contributed by atoms with Crippen molar-refractivity contribution < 1.29 is 0 Å². The van der Waals surface area contributed by atoms with Gasteiger partial charge in [-0.05, 0) is 22.4 Å². The van der Waals surface area contributed by atoms with Gasteiger partial charge in [0, 0.05) is 18.8 Å². The topological polar surface area (TPSA) is 52.5 Å². The van der Waals surface area contributed by atoms with Crippen molar-refractivity contribution in [2.75, 3.05) is 0 Å². The van der Waals surface area contributed by atoms with Crippen LogP contribution in [-0.2, 0) is 6.42 Å². The van der Waals surface area contributed by atoms with Gasteiger partial charge in [-0.1, -0.05) is 30.3 Å². The molecular weight excluding hydrogens is 258 g/mol. The number of hydrogen-bond acceptors (Lipinski definition) is 2. The molecule has 0 radical (unpaired) electrons. The second kappa shape index (κ2) is 5.55. The molecule has 0 saturated heterocycles. The fourth-order valence-electron chi connectivity index (χ4n) is 2.19. The zero-order chi connectivity index (χ0) is 12.4. The SMILES string of the molecule is Cl.N#Cc1ccc(Cc2ncc[nH]2)c2ccccc12. The van der Waals surface area contributed by atoms with Crippen molar-refractivity contribution in [3.05, 3.63) is 65.7 Å². The quantitative estimate of drug-likeness (QED) is 0.775. The van der Waals surface area contributed by atoms with E-state index in [2.05, 4.69) is 22.1 Å². The van der Waals surface area contributed by atoms with Crippen LogP contribution in [0.2, 0.25) is 0 Å². The summed E-state index contributed by atoms with van der Waals surface area (Å²) in [6.07, 6.45) is 4.32. The van der Waals surface area contributed by atoms with Crippen molar-refractivity contribution in [3.8, 4) is 6.07 Å². The maximum Gasteiger partial charge on any atom is 0.110 e. The summed E-state index contributed by atoms with van der Waals surface area (Å²) in [5.41, 5.74) is 1.90. The number of benzene rings is 2. The van der Waals surface area contributed by atoms with Crippen LogP contribution in [0.5, 0.6) is 0 Å². The van der Waals surface area contributed by atoms with E-state index in [-0.39, 0.29) is 12.4 Å². The van der Waals surface area contributed by atoms with Crippen molar-refractivity contribution in [1.82, 2.24) is 9.97 Å². The number of nitriles is 1. The molecule has 0 spiro atoms. The second-order valence-corrected chi connectivity index (χ2v) is 4.14. The lowest BCUT2D eigenvalue weighted by atomic mass is 9.98.